The zero-order chi connectivity index (χ0) is 17.8. The lowest BCUT2D eigenvalue weighted by Gasteiger charge is -2.35. The average molecular weight is 344 g/mol. The van der Waals surface area contributed by atoms with Gasteiger partial charge in [0.15, 0.2) is 0 Å². The van der Waals surface area contributed by atoms with E-state index in [0.717, 1.165) is 19.5 Å². The van der Waals surface area contributed by atoms with Gasteiger partial charge in [-0.15, -0.1) is 0 Å². The molecule has 1 aromatic carbocycles. The highest BCUT2D eigenvalue weighted by molar-refractivity contribution is 5.81. The highest BCUT2D eigenvalue weighted by Gasteiger charge is 2.22. The number of nitrogens with zero attached hydrogens (tertiary/aromatic N) is 4. The molecule has 1 atom stereocenters. The van der Waals surface area contributed by atoms with Gasteiger partial charge < -0.3 is 10.0 Å². The van der Waals surface area contributed by atoms with Crippen molar-refractivity contribution < 1.29 is 9.90 Å². The second kappa shape index (κ2) is 7.76. The van der Waals surface area contributed by atoms with E-state index in [1.807, 2.05) is 17.9 Å². The van der Waals surface area contributed by atoms with Crippen LogP contribution in [0.3, 0.4) is 0 Å². The number of aliphatic hydroxyl groups is 1. The number of piperazine rings is 1. The zero-order valence-electron chi connectivity index (χ0n) is 14.5. The number of amides is 1. The zero-order valence-corrected chi connectivity index (χ0v) is 14.5. The first-order chi connectivity index (χ1) is 12.1. The third kappa shape index (κ3) is 4.05. The van der Waals surface area contributed by atoms with Crippen molar-refractivity contribution in [3.05, 3.63) is 40.7 Å². The molecule has 0 spiro atoms. The lowest BCUT2D eigenvalue weighted by molar-refractivity contribution is -0.133. The van der Waals surface area contributed by atoms with Gasteiger partial charge in [-0.2, -0.15) is 5.10 Å². The van der Waals surface area contributed by atoms with Crippen LogP contribution >= 0.6 is 0 Å². The largest absolute Gasteiger partial charge is 0.392 e. The summed E-state index contributed by atoms with van der Waals surface area (Å²) in [6, 6.07) is 7.20. The maximum atomic E-state index is 12.6. The van der Waals surface area contributed by atoms with Crippen molar-refractivity contribution >= 4 is 16.8 Å². The highest BCUT2D eigenvalue weighted by atomic mass is 16.3. The fraction of sp³-hybridized carbons (Fsp3) is 0.500. The molecule has 7 nitrogen and oxygen atoms in total. The quantitative estimate of drug-likeness (QED) is 0.845. The Bertz CT molecular complexity index is 796. The molecule has 0 unspecified atom stereocenters. The lowest BCUT2D eigenvalue weighted by Crippen LogP contribution is -2.51. The Morgan fingerprint density at radius 2 is 1.96 bits per heavy atom. The van der Waals surface area contributed by atoms with E-state index >= 15 is 0 Å². The van der Waals surface area contributed by atoms with Gasteiger partial charge in [-0.25, -0.2) is 0 Å². The maximum Gasteiger partial charge on any atom is 0.244 e. The number of para-hydroxylation sites is 1. The third-order valence-corrected chi connectivity index (χ3v) is 4.71. The Hall–Kier alpha value is -2.25. The highest BCUT2D eigenvalue weighted by Crippen LogP contribution is 2.10. The summed E-state index contributed by atoms with van der Waals surface area (Å²) in [6.45, 7) is 5.57. The molecule has 0 saturated carbocycles. The first kappa shape index (κ1) is 17.6. The molecular weight excluding hydrogens is 320 g/mol. The van der Waals surface area contributed by atoms with Crippen molar-refractivity contribution in [2.75, 3.05) is 32.7 Å². The fourth-order valence-electron chi connectivity index (χ4n) is 3.12. The number of carbonyl (C=O) groups is 1. The molecule has 1 fully saturated rings. The van der Waals surface area contributed by atoms with Gasteiger partial charge in [-0.1, -0.05) is 19.1 Å². The topological polar surface area (TPSA) is 78.7 Å². The van der Waals surface area contributed by atoms with Crippen LogP contribution in [0, 0.1) is 0 Å². The molecule has 0 radical (unpaired) electrons. The number of aromatic nitrogens is 2. The van der Waals surface area contributed by atoms with E-state index in [2.05, 4.69) is 10.00 Å². The Morgan fingerprint density at radius 3 is 2.68 bits per heavy atom. The van der Waals surface area contributed by atoms with Crippen molar-refractivity contribution in [1.82, 2.24) is 19.6 Å². The molecule has 1 aliphatic heterocycles. The monoisotopic (exact) mass is 344 g/mol. The van der Waals surface area contributed by atoms with Crippen molar-refractivity contribution in [3.63, 3.8) is 0 Å². The van der Waals surface area contributed by atoms with E-state index in [1.165, 1.54) is 6.20 Å². The number of carbonyl (C=O) groups excluding carboxylic acids is 1. The first-order valence-corrected chi connectivity index (χ1v) is 8.71. The van der Waals surface area contributed by atoms with Crippen LogP contribution < -0.4 is 5.43 Å². The van der Waals surface area contributed by atoms with Crippen LogP contribution in [-0.4, -0.2) is 69.4 Å². The van der Waals surface area contributed by atoms with Gasteiger partial charge in [0.1, 0.15) is 6.54 Å². The summed E-state index contributed by atoms with van der Waals surface area (Å²) < 4.78 is 1.59. The second-order valence-corrected chi connectivity index (χ2v) is 6.43. The summed E-state index contributed by atoms with van der Waals surface area (Å²) in [4.78, 5) is 28.5. The minimum atomic E-state index is -0.307. The summed E-state index contributed by atoms with van der Waals surface area (Å²) >= 11 is 0. The third-order valence-electron chi connectivity index (χ3n) is 4.71. The van der Waals surface area contributed by atoms with Gasteiger partial charge in [-0.05, 0) is 18.6 Å². The maximum absolute atomic E-state index is 12.6. The van der Waals surface area contributed by atoms with E-state index < -0.39 is 0 Å². The van der Waals surface area contributed by atoms with Gasteiger partial charge in [0.2, 0.25) is 11.3 Å². The molecule has 1 N–H and O–H groups in total. The Labute approximate surface area is 146 Å². The molecule has 2 aromatic rings. The Kier molecular flexibility index (Phi) is 5.45. The smallest absolute Gasteiger partial charge is 0.244 e. The molecule has 3 rings (SSSR count). The number of benzene rings is 1. The number of β-amino-alcohol motifs (C(OH)–C–C–N with tert-alkyl or cyclic N) is 1. The van der Waals surface area contributed by atoms with Gasteiger partial charge >= 0.3 is 0 Å². The van der Waals surface area contributed by atoms with E-state index in [9.17, 15) is 14.7 Å². The minimum absolute atomic E-state index is 0.00279. The van der Waals surface area contributed by atoms with Crippen molar-refractivity contribution in [3.8, 4) is 0 Å². The van der Waals surface area contributed by atoms with Crippen LogP contribution in [-0.2, 0) is 11.3 Å². The molecule has 134 valence electrons. The van der Waals surface area contributed by atoms with Crippen LogP contribution in [0.2, 0.25) is 0 Å². The normalized spacial score (nSPS) is 17.0. The first-order valence-electron chi connectivity index (χ1n) is 8.71. The summed E-state index contributed by atoms with van der Waals surface area (Å²) in [6.07, 6.45) is 1.70. The molecule has 0 bridgehead atoms. The van der Waals surface area contributed by atoms with Crippen molar-refractivity contribution in [1.29, 1.82) is 0 Å². The van der Waals surface area contributed by atoms with Crippen molar-refractivity contribution in [2.45, 2.75) is 26.0 Å². The summed E-state index contributed by atoms with van der Waals surface area (Å²) in [5, 5.41) is 14.4. The molecule has 1 amide bonds. The predicted molar refractivity (Wildman–Crippen MR) is 95.3 cm³/mol. The molecule has 0 aliphatic carbocycles. The van der Waals surface area contributed by atoms with Gasteiger partial charge in [-0.3, -0.25) is 19.2 Å². The van der Waals surface area contributed by atoms with Crippen LogP contribution in [0.5, 0.6) is 0 Å². The SMILES string of the molecule is CC[C@H](O)CN1CCN(C(=O)Cn2ncc(=O)c3ccccc32)CC1. The number of rotatable bonds is 5. The number of hydrogen-bond acceptors (Lipinski definition) is 5. The summed E-state index contributed by atoms with van der Waals surface area (Å²) in [7, 11) is 0. The van der Waals surface area contributed by atoms with E-state index in [-0.39, 0.29) is 24.0 Å². The lowest BCUT2D eigenvalue weighted by atomic mass is 10.2. The van der Waals surface area contributed by atoms with Crippen molar-refractivity contribution in [2.24, 2.45) is 0 Å². The standard InChI is InChI=1S/C18H24N4O3/c1-2-14(23)12-20-7-9-21(10-8-20)18(25)13-22-16-6-4-3-5-15(16)17(24)11-19-22/h3-6,11,14,23H,2,7-10,12-13H2,1H3/t14-/m0/s1. The van der Waals surface area contributed by atoms with Gasteiger partial charge in [0.05, 0.1) is 17.8 Å². The molecule has 1 saturated heterocycles. The van der Waals surface area contributed by atoms with E-state index in [1.54, 1.807) is 22.9 Å². The number of hydrogen-bond donors (Lipinski definition) is 1. The fourth-order valence-corrected chi connectivity index (χ4v) is 3.12. The van der Waals surface area contributed by atoms with E-state index in [0.29, 0.717) is 30.5 Å². The molecule has 25 heavy (non-hydrogen) atoms. The summed E-state index contributed by atoms with van der Waals surface area (Å²) in [5.74, 6) is -0.00279. The second-order valence-electron chi connectivity index (χ2n) is 6.43. The molecular formula is C18H24N4O3. The molecule has 7 heteroatoms. The van der Waals surface area contributed by atoms with Gasteiger partial charge in [0.25, 0.3) is 0 Å². The minimum Gasteiger partial charge on any atom is -0.392 e. The number of aliphatic hydroxyl groups excluding tert-OH is 1. The summed E-state index contributed by atoms with van der Waals surface area (Å²) in [5.41, 5.74) is 0.537. The molecule has 1 aromatic heterocycles. The molecule has 1 aliphatic rings. The van der Waals surface area contributed by atoms with Gasteiger partial charge in [0, 0.05) is 38.1 Å². The average Bonchev–Trinajstić information content (AvgIpc) is 2.64. The predicted octanol–water partition coefficient (Wildman–Crippen LogP) is 0.312. The molecule has 2 heterocycles. The van der Waals surface area contributed by atoms with Crippen LogP contribution in [0.25, 0.3) is 10.9 Å². The Morgan fingerprint density at radius 1 is 1.24 bits per heavy atom. The van der Waals surface area contributed by atoms with E-state index in [4.69, 9.17) is 0 Å². The van der Waals surface area contributed by atoms with Crippen LogP contribution in [0.4, 0.5) is 0 Å². The van der Waals surface area contributed by atoms with Crippen LogP contribution in [0.1, 0.15) is 13.3 Å². The number of fused-ring (bicyclic) bond motifs is 1. The Balaban J connectivity index is 1.64. The van der Waals surface area contributed by atoms with Crippen LogP contribution in [0.15, 0.2) is 35.3 Å².